The Morgan fingerprint density at radius 3 is 2.75 bits per heavy atom. The Kier molecular flexibility index (Phi) is 3.55. The summed E-state index contributed by atoms with van der Waals surface area (Å²) in [5.74, 6) is 1.21. The highest BCUT2D eigenvalue weighted by molar-refractivity contribution is 5.96. The number of rotatable bonds is 4. The van der Waals surface area contributed by atoms with Gasteiger partial charge in [0.05, 0.1) is 6.61 Å². The number of ketones is 1. The van der Waals surface area contributed by atoms with Crippen LogP contribution in [0.5, 0.6) is 5.75 Å². The predicted molar refractivity (Wildman–Crippen MR) is 79.5 cm³/mol. The molecule has 0 N–H and O–H groups in total. The van der Waals surface area contributed by atoms with Gasteiger partial charge in [-0.05, 0) is 30.5 Å². The van der Waals surface area contributed by atoms with Crippen LogP contribution in [0.4, 0.5) is 0 Å². The first kappa shape index (κ1) is 12.9. The third kappa shape index (κ3) is 2.74. The zero-order valence-corrected chi connectivity index (χ0v) is 11.7. The van der Waals surface area contributed by atoms with Crippen molar-refractivity contribution in [2.75, 3.05) is 6.61 Å². The van der Waals surface area contributed by atoms with Crippen LogP contribution in [0.2, 0.25) is 0 Å². The van der Waals surface area contributed by atoms with Gasteiger partial charge in [-0.3, -0.25) is 4.79 Å². The molecule has 1 heterocycles. The number of benzene rings is 2. The van der Waals surface area contributed by atoms with Crippen LogP contribution in [0.3, 0.4) is 0 Å². The molecule has 2 aromatic carbocycles. The summed E-state index contributed by atoms with van der Waals surface area (Å²) >= 11 is 0. The highest BCUT2D eigenvalue weighted by Crippen LogP contribution is 2.26. The van der Waals surface area contributed by atoms with Crippen LogP contribution < -0.4 is 4.74 Å². The minimum absolute atomic E-state index is 0.210. The Balaban J connectivity index is 1.64. The summed E-state index contributed by atoms with van der Waals surface area (Å²) in [6.07, 6.45) is 2.33. The molecule has 0 unspecified atom stereocenters. The Labute approximate surface area is 119 Å². The maximum Gasteiger partial charge on any atom is 0.163 e. The average Bonchev–Trinajstić information content (AvgIpc) is 2.93. The van der Waals surface area contributed by atoms with Crippen LogP contribution >= 0.6 is 0 Å². The monoisotopic (exact) mass is 266 g/mol. The van der Waals surface area contributed by atoms with E-state index in [1.807, 2.05) is 37.3 Å². The molecule has 102 valence electrons. The van der Waals surface area contributed by atoms with Crippen molar-refractivity contribution in [3.8, 4) is 5.75 Å². The number of carbonyl (C=O) groups is 1. The number of hydrogen-bond donors (Lipinski definition) is 0. The number of carbonyl (C=O) groups excluding carboxylic acids is 1. The second-order valence-electron chi connectivity index (χ2n) is 5.33. The van der Waals surface area contributed by atoms with Crippen molar-refractivity contribution in [2.45, 2.75) is 26.2 Å². The van der Waals surface area contributed by atoms with Crippen LogP contribution in [0, 0.1) is 6.92 Å². The number of aryl methyl sites for hydroxylation is 2. The van der Waals surface area contributed by atoms with E-state index in [1.54, 1.807) is 0 Å². The molecule has 2 nitrogen and oxygen atoms in total. The van der Waals surface area contributed by atoms with Gasteiger partial charge in [0.15, 0.2) is 5.78 Å². The molecule has 0 aromatic heterocycles. The van der Waals surface area contributed by atoms with Crippen molar-refractivity contribution in [3.05, 3.63) is 64.7 Å². The van der Waals surface area contributed by atoms with E-state index < -0.39 is 0 Å². The van der Waals surface area contributed by atoms with Gasteiger partial charge >= 0.3 is 0 Å². The second-order valence-corrected chi connectivity index (χ2v) is 5.33. The number of Topliss-reactive ketones (excluding diaryl/α,β-unsaturated/α-hetero) is 1. The van der Waals surface area contributed by atoms with Crippen molar-refractivity contribution >= 4 is 5.78 Å². The molecule has 2 heteroatoms. The first-order chi connectivity index (χ1) is 9.72. The molecule has 0 bridgehead atoms. The quantitative estimate of drug-likeness (QED) is 0.788. The van der Waals surface area contributed by atoms with E-state index in [1.165, 1.54) is 16.7 Å². The van der Waals surface area contributed by atoms with Gasteiger partial charge in [-0.2, -0.15) is 0 Å². The van der Waals surface area contributed by atoms with Crippen LogP contribution in [0.1, 0.15) is 33.5 Å². The molecule has 0 amide bonds. The fourth-order valence-corrected chi connectivity index (χ4v) is 2.54. The van der Waals surface area contributed by atoms with E-state index in [-0.39, 0.29) is 5.78 Å². The summed E-state index contributed by atoms with van der Waals surface area (Å²) in [7, 11) is 0. The highest BCUT2D eigenvalue weighted by Gasteiger charge is 2.12. The zero-order valence-electron chi connectivity index (χ0n) is 11.7. The molecule has 0 radical (unpaired) electrons. The maximum atomic E-state index is 12.1. The number of hydrogen-bond acceptors (Lipinski definition) is 2. The summed E-state index contributed by atoms with van der Waals surface area (Å²) in [6, 6.07) is 14.0. The lowest BCUT2D eigenvalue weighted by Gasteiger charge is -2.05. The minimum atomic E-state index is 0.210. The summed E-state index contributed by atoms with van der Waals surface area (Å²) < 4.78 is 5.49. The van der Waals surface area contributed by atoms with Gasteiger partial charge in [-0.1, -0.05) is 42.0 Å². The van der Waals surface area contributed by atoms with Crippen molar-refractivity contribution < 1.29 is 9.53 Å². The van der Waals surface area contributed by atoms with Gasteiger partial charge in [0.25, 0.3) is 0 Å². The Morgan fingerprint density at radius 1 is 1.15 bits per heavy atom. The van der Waals surface area contributed by atoms with Gasteiger partial charge < -0.3 is 4.74 Å². The van der Waals surface area contributed by atoms with Gasteiger partial charge in [0, 0.05) is 18.4 Å². The van der Waals surface area contributed by atoms with Gasteiger partial charge in [-0.25, -0.2) is 0 Å². The van der Waals surface area contributed by atoms with Crippen molar-refractivity contribution in [3.63, 3.8) is 0 Å². The molecule has 0 spiro atoms. The van der Waals surface area contributed by atoms with E-state index in [0.29, 0.717) is 6.42 Å². The number of ether oxygens (including phenoxy) is 1. The van der Waals surface area contributed by atoms with Gasteiger partial charge in [-0.15, -0.1) is 0 Å². The lowest BCUT2D eigenvalue weighted by atomic mass is 10.0. The van der Waals surface area contributed by atoms with Crippen molar-refractivity contribution in [2.24, 2.45) is 0 Å². The largest absolute Gasteiger partial charge is 0.493 e. The minimum Gasteiger partial charge on any atom is -0.493 e. The van der Waals surface area contributed by atoms with E-state index in [4.69, 9.17) is 4.74 Å². The van der Waals surface area contributed by atoms with Gasteiger partial charge in [0.2, 0.25) is 0 Å². The molecule has 0 aliphatic carbocycles. The topological polar surface area (TPSA) is 26.3 Å². The molecule has 2 aromatic rings. The van der Waals surface area contributed by atoms with E-state index in [0.717, 1.165) is 30.8 Å². The van der Waals surface area contributed by atoms with Crippen LogP contribution in [-0.4, -0.2) is 12.4 Å². The second kappa shape index (κ2) is 5.49. The highest BCUT2D eigenvalue weighted by atomic mass is 16.5. The first-order valence-corrected chi connectivity index (χ1v) is 7.07. The average molecular weight is 266 g/mol. The fraction of sp³-hybridized carbons (Fsp3) is 0.278. The predicted octanol–water partition coefficient (Wildman–Crippen LogP) is 3.75. The van der Waals surface area contributed by atoms with E-state index >= 15 is 0 Å². The molecule has 0 saturated carbocycles. The van der Waals surface area contributed by atoms with Crippen LogP contribution in [0.25, 0.3) is 0 Å². The maximum absolute atomic E-state index is 12.1. The Bertz CT molecular complexity index is 626. The van der Waals surface area contributed by atoms with E-state index in [2.05, 4.69) is 12.1 Å². The third-order valence-electron chi connectivity index (χ3n) is 3.77. The molecule has 3 rings (SSSR count). The standard InChI is InChI=1S/C18H18O2/c1-13-2-6-15(7-3-13)17(19)8-4-14-5-9-18-16(12-14)10-11-20-18/h2-3,5-7,9,12H,4,8,10-11H2,1H3. The first-order valence-electron chi connectivity index (χ1n) is 7.07. The van der Waals surface area contributed by atoms with E-state index in [9.17, 15) is 4.79 Å². The zero-order chi connectivity index (χ0) is 13.9. The Hall–Kier alpha value is -2.09. The summed E-state index contributed by atoms with van der Waals surface area (Å²) in [4.78, 5) is 12.1. The summed E-state index contributed by atoms with van der Waals surface area (Å²) in [5.41, 5.74) is 4.47. The summed E-state index contributed by atoms with van der Waals surface area (Å²) in [6.45, 7) is 2.81. The van der Waals surface area contributed by atoms with Crippen LogP contribution in [0.15, 0.2) is 42.5 Å². The molecule has 0 atom stereocenters. The van der Waals surface area contributed by atoms with Gasteiger partial charge in [0.1, 0.15) is 5.75 Å². The van der Waals surface area contributed by atoms with Crippen molar-refractivity contribution in [1.29, 1.82) is 0 Å². The SMILES string of the molecule is Cc1ccc(C(=O)CCc2ccc3c(c2)CCO3)cc1. The molecular formula is C18H18O2. The molecule has 20 heavy (non-hydrogen) atoms. The Morgan fingerprint density at radius 2 is 1.95 bits per heavy atom. The van der Waals surface area contributed by atoms with Crippen molar-refractivity contribution in [1.82, 2.24) is 0 Å². The lowest BCUT2D eigenvalue weighted by molar-refractivity contribution is 0.0983. The molecule has 0 saturated heterocycles. The molecule has 1 aliphatic heterocycles. The normalized spacial score (nSPS) is 12.8. The number of fused-ring (bicyclic) bond motifs is 1. The smallest absolute Gasteiger partial charge is 0.163 e. The summed E-state index contributed by atoms with van der Waals surface area (Å²) in [5, 5.41) is 0. The molecular weight excluding hydrogens is 248 g/mol. The fourth-order valence-electron chi connectivity index (χ4n) is 2.54. The molecule has 0 fully saturated rings. The lowest BCUT2D eigenvalue weighted by Crippen LogP contribution is -2.01. The third-order valence-corrected chi connectivity index (χ3v) is 3.77. The van der Waals surface area contributed by atoms with Crippen LogP contribution in [-0.2, 0) is 12.8 Å². The molecule has 1 aliphatic rings.